The number of ether oxygens (including phenoxy) is 1. The average molecular weight is 491 g/mol. The van der Waals surface area contributed by atoms with E-state index < -0.39 is 15.9 Å². The van der Waals surface area contributed by atoms with Crippen molar-refractivity contribution in [2.24, 2.45) is 0 Å². The zero-order valence-electron chi connectivity index (χ0n) is 16.9. The van der Waals surface area contributed by atoms with Crippen LogP contribution in [0.2, 0.25) is 10.0 Å². The molecule has 6 nitrogen and oxygen atoms in total. The van der Waals surface area contributed by atoms with E-state index in [4.69, 9.17) is 27.9 Å². The molecule has 0 saturated heterocycles. The van der Waals surface area contributed by atoms with E-state index in [-0.39, 0.29) is 23.0 Å². The van der Waals surface area contributed by atoms with Crippen molar-refractivity contribution in [2.75, 3.05) is 19.4 Å². The molecule has 0 heterocycles. The Morgan fingerprint density at radius 3 is 2.43 bits per heavy atom. The Labute approximate surface area is 191 Å². The van der Waals surface area contributed by atoms with Crippen molar-refractivity contribution in [3.05, 3.63) is 57.6 Å². The predicted molar refractivity (Wildman–Crippen MR) is 123 cm³/mol. The van der Waals surface area contributed by atoms with Gasteiger partial charge in [-0.15, -0.1) is 0 Å². The highest BCUT2D eigenvalue weighted by atomic mass is 35.5. The SMILES string of the molecule is COc1ccc(S(=O)(=O)NCCSCc2c(Cl)cccc2Cl)cc1C(=O)NC(C)C. The highest BCUT2D eigenvalue weighted by molar-refractivity contribution is 7.98. The first-order valence-corrected chi connectivity index (χ1v) is 12.5. The van der Waals surface area contributed by atoms with E-state index in [0.717, 1.165) is 5.56 Å². The minimum atomic E-state index is -3.78. The van der Waals surface area contributed by atoms with Crippen LogP contribution in [0, 0.1) is 0 Å². The van der Waals surface area contributed by atoms with Gasteiger partial charge in [0.2, 0.25) is 10.0 Å². The van der Waals surface area contributed by atoms with E-state index in [1.165, 1.54) is 37.1 Å². The van der Waals surface area contributed by atoms with Crippen LogP contribution in [0.25, 0.3) is 0 Å². The van der Waals surface area contributed by atoms with E-state index in [1.54, 1.807) is 18.2 Å². The maximum absolute atomic E-state index is 12.6. The molecule has 164 valence electrons. The van der Waals surface area contributed by atoms with Crippen molar-refractivity contribution in [3.8, 4) is 5.75 Å². The van der Waals surface area contributed by atoms with Gasteiger partial charge in [0.05, 0.1) is 17.6 Å². The van der Waals surface area contributed by atoms with Crippen molar-refractivity contribution >= 4 is 50.9 Å². The molecule has 0 saturated carbocycles. The fourth-order valence-electron chi connectivity index (χ4n) is 2.55. The van der Waals surface area contributed by atoms with Crippen LogP contribution < -0.4 is 14.8 Å². The molecule has 1 amide bonds. The third kappa shape index (κ3) is 6.78. The molecule has 0 unspecified atom stereocenters. The molecule has 0 bridgehead atoms. The van der Waals surface area contributed by atoms with E-state index in [0.29, 0.717) is 27.3 Å². The van der Waals surface area contributed by atoms with E-state index in [1.807, 2.05) is 13.8 Å². The lowest BCUT2D eigenvalue weighted by Gasteiger charge is -2.13. The number of carbonyl (C=O) groups excluding carboxylic acids is 1. The maximum atomic E-state index is 12.6. The van der Waals surface area contributed by atoms with Crippen LogP contribution in [0.5, 0.6) is 5.75 Å². The Balaban J connectivity index is 2.00. The Morgan fingerprint density at radius 1 is 1.17 bits per heavy atom. The van der Waals surface area contributed by atoms with E-state index in [9.17, 15) is 13.2 Å². The number of amides is 1. The number of hydrogen-bond donors (Lipinski definition) is 2. The molecule has 2 aromatic rings. The smallest absolute Gasteiger partial charge is 0.255 e. The Morgan fingerprint density at radius 2 is 1.83 bits per heavy atom. The van der Waals surface area contributed by atoms with Crippen LogP contribution in [0.4, 0.5) is 0 Å². The number of hydrogen-bond acceptors (Lipinski definition) is 5. The lowest BCUT2D eigenvalue weighted by atomic mass is 10.2. The van der Waals surface area contributed by atoms with Gasteiger partial charge < -0.3 is 10.1 Å². The molecule has 2 rings (SSSR count). The molecule has 0 aromatic heterocycles. The van der Waals surface area contributed by atoms with Gasteiger partial charge in [-0.05, 0) is 49.7 Å². The van der Waals surface area contributed by atoms with Crippen LogP contribution in [0.1, 0.15) is 29.8 Å². The number of nitrogens with one attached hydrogen (secondary N) is 2. The standard InChI is InChI=1S/C20H24Cl2N2O4S2/c1-13(2)24-20(25)15-11-14(7-8-19(15)28-3)30(26,27)23-9-10-29-12-16-17(21)5-4-6-18(16)22/h4-8,11,13,23H,9-10,12H2,1-3H3,(H,24,25). The molecule has 0 radical (unpaired) electrons. The first-order valence-electron chi connectivity index (χ1n) is 9.15. The normalized spacial score (nSPS) is 11.5. The molecular formula is C20H24Cl2N2O4S2. The summed E-state index contributed by atoms with van der Waals surface area (Å²) in [6.07, 6.45) is 0. The summed E-state index contributed by atoms with van der Waals surface area (Å²) in [6.45, 7) is 3.86. The largest absolute Gasteiger partial charge is 0.496 e. The highest BCUT2D eigenvalue weighted by Crippen LogP contribution is 2.28. The first kappa shape index (κ1) is 24.8. The number of sulfonamides is 1. The lowest BCUT2D eigenvalue weighted by molar-refractivity contribution is 0.0940. The molecule has 0 spiro atoms. The number of halogens is 2. The quantitative estimate of drug-likeness (QED) is 0.483. The zero-order chi connectivity index (χ0) is 22.3. The van der Waals surface area contributed by atoms with E-state index >= 15 is 0 Å². The molecule has 0 aliphatic carbocycles. The van der Waals surface area contributed by atoms with Gasteiger partial charge in [0.15, 0.2) is 0 Å². The van der Waals surface area contributed by atoms with Crippen LogP contribution in [0.3, 0.4) is 0 Å². The summed E-state index contributed by atoms with van der Waals surface area (Å²) in [5.74, 6) is 1.00. The van der Waals surface area contributed by atoms with Crippen molar-refractivity contribution < 1.29 is 17.9 Å². The van der Waals surface area contributed by atoms with Crippen LogP contribution in [0.15, 0.2) is 41.3 Å². The second-order valence-electron chi connectivity index (χ2n) is 6.64. The summed E-state index contributed by atoms with van der Waals surface area (Å²) in [5.41, 5.74) is 0.987. The van der Waals surface area contributed by atoms with Crippen LogP contribution in [-0.4, -0.2) is 39.8 Å². The topological polar surface area (TPSA) is 84.5 Å². The average Bonchev–Trinajstić information content (AvgIpc) is 2.68. The maximum Gasteiger partial charge on any atom is 0.255 e. The van der Waals surface area contributed by atoms with Crippen LogP contribution in [-0.2, 0) is 15.8 Å². The van der Waals surface area contributed by atoms with Gasteiger partial charge in [-0.2, -0.15) is 11.8 Å². The number of rotatable bonds is 10. The number of carbonyl (C=O) groups is 1. The zero-order valence-corrected chi connectivity index (χ0v) is 20.0. The third-order valence-electron chi connectivity index (χ3n) is 3.99. The third-order valence-corrected chi connectivity index (χ3v) is 7.14. The van der Waals surface area contributed by atoms with Gasteiger partial charge in [-0.1, -0.05) is 29.3 Å². The van der Waals surface area contributed by atoms with Crippen molar-refractivity contribution in [2.45, 2.75) is 30.5 Å². The minimum Gasteiger partial charge on any atom is -0.496 e. The molecule has 0 fully saturated rings. The second-order valence-corrected chi connectivity index (χ2v) is 10.3. The Hall–Kier alpha value is -1.45. The summed E-state index contributed by atoms with van der Waals surface area (Å²) >= 11 is 13.8. The summed E-state index contributed by atoms with van der Waals surface area (Å²) in [6, 6.07) is 9.41. The van der Waals surface area contributed by atoms with Gasteiger partial charge in [-0.3, -0.25) is 4.79 Å². The highest BCUT2D eigenvalue weighted by Gasteiger charge is 2.20. The number of thioether (sulfide) groups is 1. The summed E-state index contributed by atoms with van der Waals surface area (Å²) in [4.78, 5) is 12.4. The van der Waals surface area contributed by atoms with Gasteiger partial charge in [0, 0.05) is 34.1 Å². The van der Waals surface area contributed by atoms with Crippen molar-refractivity contribution in [3.63, 3.8) is 0 Å². The molecule has 10 heteroatoms. The first-order chi connectivity index (χ1) is 14.2. The van der Waals surface area contributed by atoms with Crippen molar-refractivity contribution in [1.29, 1.82) is 0 Å². The second kappa shape index (κ2) is 11.2. The van der Waals surface area contributed by atoms with E-state index in [2.05, 4.69) is 10.0 Å². The predicted octanol–water partition coefficient (Wildman–Crippen LogP) is 4.35. The van der Waals surface area contributed by atoms with Crippen LogP contribution >= 0.6 is 35.0 Å². The van der Waals surface area contributed by atoms with Gasteiger partial charge in [-0.25, -0.2) is 13.1 Å². The molecule has 0 atom stereocenters. The molecular weight excluding hydrogens is 467 g/mol. The van der Waals surface area contributed by atoms with Gasteiger partial charge >= 0.3 is 0 Å². The number of benzene rings is 2. The fraction of sp³-hybridized carbons (Fsp3) is 0.350. The molecule has 0 aliphatic heterocycles. The molecule has 2 N–H and O–H groups in total. The molecule has 0 aliphatic rings. The minimum absolute atomic E-state index is 0.00338. The fourth-order valence-corrected chi connectivity index (χ4v) is 5.33. The number of methoxy groups -OCH3 is 1. The lowest BCUT2D eigenvalue weighted by Crippen LogP contribution is -2.31. The molecule has 30 heavy (non-hydrogen) atoms. The summed E-state index contributed by atoms with van der Waals surface area (Å²) < 4.78 is 33.0. The molecule has 2 aromatic carbocycles. The summed E-state index contributed by atoms with van der Waals surface area (Å²) in [7, 11) is -2.36. The van der Waals surface area contributed by atoms with Crippen molar-refractivity contribution in [1.82, 2.24) is 10.0 Å². The summed E-state index contributed by atoms with van der Waals surface area (Å²) in [5, 5.41) is 3.91. The monoisotopic (exact) mass is 490 g/mol. The van der Waals surface area contributed by atoms with Gasteiger partial charge in [0.1, 0.15) is 5.75 Å². The Bertz CT molecular complexity index is 978. The van der Waals surface area contributed by atoms with Gasteiger partial charge in [0.25, 0.3) is 5.91 Å². The Kier molecular flexibility index (Phi) is 9.31.